The summed E-state index contributed by atoms with van der Waals surface area (Å²) in [6.45, 7) is 0. The lowest BCUT2D eigenvalue weighted by atomic mass is 10.1. The van der Waals surface area contributed by atoms with Crippen molar-refractivity contribution < 1.29 is 19.2 Å². The van der Waals surface area contributed by atoms with Gasteiger partial charge in [-0.1, -0.05) is 0 Å². The number of nitro groups is 1. The van der Waals surface area contributed by atoms with Crippen LogP contribution < -0.4 is 0 Å². The van der Waals surface area contributed by atoms with E-state index in [1.165, 1.54) is 0 Å². The normalized spacial score (nSPS) is 26.3. The van der Waals surface area contributed by atoms with Gasteiger partial charge in [0, 0.05) is 11.3 Å². The molecule has 2 aliphatic rings. The molecule has 1 heterocycles. The molecule has 6 heteroatoms. The summed E-state index contributed by atoms with van der Waals surface area (Å²) < 4.78 is 4.25. The number of cyclic esters (lactones) is 2. The van der Waals surface area contributed by atoms with Gasteiger partial charge in [-0.05, 0) is 6.42 Å². The van der Waals surface area contributed by atoms with Crippen LogP contribution in [-0.2, 0) is 14.3 Å². The topological polar surface area (TPSA) is 86.5 Å². The van der Waals surface area contributed by atoms with E-state index in [4.69, 9.17) is 0 Å². The van der Waals surface area contributed by atoms with Crippen molar-refractivity contribution >= 4 is 11.9 Å². The highest BCUT2D eigenvalue weighted by Gasteiger charge is 2.47. The minimum Gasteiger partial charge on any atom is -0.386 e. The molecule has 0 bridgehead atoms. The molecule has 0 fully saturated rings. The molecule has 1 aliphatic carbocycles. The van der Waals surface area contributed by atoms with Crippen LogP contribution in [0.5, 0.6) is 0 Å². The molecule has 0 spiro atoms. The summed E-state index contributed by atoms with van der Waals surface area (Å²) in [5.41, 5.74) is 0.140. The highest BCUT2D eigenvalue weighted by atomic mass is 16.6. The van der Waals surface area contributed by atoms with E-state index in [1.54, 1.807) is 0 Å². The van der Waals surface area contributed by atoms with Crippen LogP contribution in [0.4, 0.5) is 0 Å². The van der Waals surface area contributed by atoms with Crippen LogP contribution in [-0.4, -0.2) is 22.9 Å². The Labute approximate surface area is 72.3 Å². The number of rotatable bonds is 1. The second-order valence-corrected chi connectivity index (χ2v) is 2.91. The molecule has 0 aromatic rings. The monoisotopic (exact) mass is 183 g/mol. The zero-order chi connectivity index (χ0) is 9.59. The van der Waals surface area contributed by atoms with E-state index in [2.05, 4.69) is 4.74 Å². The fraction of sp³-hybridized carbons (Fsp3) is 0.429. The highest BCUT2D eigenvalue weighted by molar-refractivity contribution is 6.13. The Morgan fingerprint density at radius 2 is 2.08 bits per heavy atom. The molecular weight excluding hydrogens is 178 g/mol. The van der Waals surface area contributed by atoms with Crippen LogP contribution in [0.3, 0.4) is 0 Å². The lowest BCUT2D eigenvalue weighted by Gasteiger charge is -2.01. The van der Waals surface area contributed by atoms with E-state index in [0.717, 1.165) is 0 Å². The molecule has 0 saturated carbocycles. The lowest BCUT2D eigenvalue weighted by Crippen LogP contribution is -2.23. The van der Waals surface area contributed by atoms with Crippen molar-refractivity contribution in [1.29, 1.82) is 0 Å². The van der Waals surface area contributed by atoms with Gasteiger partial charge >= 0.3 is 11.9 Å². The van der Waals surface area contributed by atoms with E-state index in [-0.39, 0.29) is 24.0 Å². The van der Waals surface area contributed by atoms with E-state index in [9.17, 15) is 19.7 Å². The number of esters is 2. The van der Waals surface area contributed by atoms with Crippen molar-refractivity contribution in [2.24, 2.45) is 0 Å². The molecule has 6 nitrogen and oxygen atoms in total. The van der Waals surface area contributed by atoms with Gasteiger partial charge in [-0.15, -0.1) is 0 Å². The smallest absolute Gasteiger partial charge is 0.349 e. The number of carbonyl (C=O) groups excluding carboxylic acids is 2. The minimum absolute atomic E-state index is 0.0463. The average molecular weight is 183 g/mol. The highest BCUT2D eigenvalue weighted by Crippen LogP contribution is 2.34. The first kappa shape index (κ1) is 7.90. The summed E-state index contributed by atoms with van der Waals surface area (Å²) >= 11 is 0. The first-order valence-electron chi connectivity index (χ1n) is 3.74. The molecule has 2 rings (SSSR count). The predicted octanol–water partition coefficient (Wildman–Crippen LogP) is -0.195. The Morgan fingerprint density at radius 1 is 1.38 bits per heavy atom. The zero-order valence-corrected chi connectivity index (χ0v) is 6.48. The second kappa shape index (κ2) is 2.38. The molecule has 0 aromatic carbocycles. The van der Waals surface area contributed by atoms with Crippen molar-refractivity contribution in [3.63, 3.8) is 0 Å². The average Bonchev–Trinajstić information content (AvgIpc) is 2.55. The maximum atomic E-state index is 11.0. The Morgan fingerprint density at radius 3 is 2.69 bits per heavy atom. The van der Waals surface area contributed by atoms with Gasteiger partial charge in [0.2, 0.25) is 6.04 Å². The number of hydrogen-bond acceptors (Lipinski definition) is 5. The van der Waals surface area contributed by atoms with Gasteiger partial charge in [-0.25, -0.2) is 9.59 Å². The SMILES string of the molecule is O=C1OC(=O)C2=C1CCC2[N+](=O)[O-]. The number of hydrogen-bond donors (Lipinski definition) is 0. The van der Waals surface area contributed by atoms with Crippen LogP contribution >= 0.6 is 0 Å². The lowest BCUT2D eigenvalue weighted by molar-refractivity contribution is -0.510. The number of carbonyl (C=O) groups is 2. The number of nitrogens with zero attached hydrogens (tertiary/aromatic N) is 1. The third-order valence-electron chi connectivity index (χ3n) is 2.23. The van der Waals surface area contributed by atoms with E-state index in [1.807, 2.05) is 0 Å². The summed E-state index contributed by atoms with van der Waals surface area (Å²) in [4.78, 5) is 31.8. The van der Waals surface area contributed by atoms with Gasteiger partial charge in [0.25, 0.3) is 0 Å². The maximum absolute atomic E-state index is 11.0. The van der Waals surface area contributed by atoms with Gasteiger partial charge < -0.3 is 4.74 Å². The molecule has 0 aromatic heterocycles. The Bertz CT molecular complexity index is 356. The van der Waals surface area contributed by atoms with Gasteiger partial charge in [0.1, 0.15) is 5.57 Å². The standard InChI is InChI=1S/C7H5NO5/c9-6-3-1-2-4(8(11)12)5(3)7(10)13-6/h4H,1-2H2. The van der Waals surface area contributed by atoms with Crippen molar-refractivity contribution in [2.45, 2.75) is 18.9 Å². The molecule has 68 valence electrons. The van der Waals surface area contributed by atoms with E-state index < -0.39 is 22.9 Å². The van der Waals surface area contributed by atoms with E-state index >= 15 is 0 Å². The van der Waals surface area contributed by atoms with E-state index in [0.29, 0.717) is 0 Å². The van der Waals surface area contributed by atoms with Crippen LogP contribution in [0, 0.1) is 10.1 Å². The molecule has 1 aliphatic heterocycles. The molecular formula is C7H5NO5. The van der Waals surface area contributed by atoms with Crippen LogP contribution in [0.15, 0.2) is 11.1 Å². The fourth-order valence-electron chi connectivity index (χ4n) is 1.64. The quantitative estimate of drug-likeness (QED) is 0.243. The minimum atomic E-state index is -1.05. The Balaban J connectivity index is 2.42. The van der Waals surface area contributed by atoms with Gasteiger partial charge in [-0.3, -0.25) is 10.1 Å². The molecule has 1 unspecified atom stereocenters. The first-order chi connectivity index (χ1) is 6.11. The summed E-state index contributed by atoms with van der Waals surface area (Å²) in [5, 5.41) is 10.4. The van der Waals surface area contributed by atoms with Crippen molar-refractivity contribution in [3.8, 4) is 0 Å². The molecule has 0 amide bonds. The zero-order valence-electron chi connectivity index (χ0n) is 6.48. The summed E-state index contributed by atoms with van der Waals surface area (Å²) in [5.74, 6) is -1.57. The van der Waals surface area contributed by atoms with Gasteiger partial charge in [0.15, 0.2) is 0 Å². The molecule has 13 heavy (non-hydrogen) atoms. The van der Waals surface area contributed by atoms with Gasteiger partial charge in [-0.2, -0.15) is 0 Å². The summed E-state index contributed by atoms with van der Waals surface area (Å²) in [6.07, 6.45) is 0.490. The summed E-state index contributed by atoms with van der Waals surface area (Å²) in [6, 6.07) is -1.05. The van der Waals surface area contributed by atoms with Crippen molar-refractivity contribution in [3.05, 3.63) is 21.3 Å². The Kier molecular flexibility index (Phi) is 1.45. The molecule has 0 radical (unpaired) electrons. The van der Waals surface area contributed by atoms with Crippen molar-refractivity contribution in [2.75, 3.05) is 0 Å². The molecule has 0 N–H and O–H groups in total. The second-order valence-electron chi connectivity index (χ2n) is 2.91. The van der Waals surface area contributed by atoms with Crippen molar-refractivity contribution in [1.82, 2.24) is 0 Å². The fourth-order valence-corrected chi connectivity index (χ4v) is 1.64. The maximum Gasteiger partial charge on any atom is 0.349 e. The third-order valence-corrected chi connectivity index (χ3v) is 2.23. The first-order valence-corrected chi connectivity index (χ1v) is 3.74. The largest absolute Gasteiger partial charge is 0.386 e. The third kappa shape index (κ3) is 0.947. The molecule has 0 saturated heterocycles. The number of ether oxygens (including phenoxy) is 1. The predicted molar refractivity (Wildman–Crippen MR) is 38.1 cm³/mol. The Hall–Kier alpha value is -1.72. The summed E-state index contributed by atoms with van der Waals surface area (Å²) in [7, 11) is 0. The van der Waals surface area contributed by atoms with Crippen LogP contribution in [0.25, 0.3) is 0 Å². The van der Waals surface area contributed by atoms with Crippen LogP contribution in [0.2, 0.25) is 0 Å². The van der Waals surface area contributed by atoms with Gasteiger partial charge in [0.05, 0.1) is 5.57 Å². The van der Waals surface area contributed by atoms with Crippen LogP contribution in [0.1, 0.15) is 12.8 Å². The molecule has 1 atom stereocenters.